The van der Waals surface area contributed by atoms with Crippen LogP contribution in [0.15, 0.2) is 71.1 Å². The lowest BCUT2D eigenvalue weighted by Crippen LogP contribution is -2.27. The van der Waals surface area contributed by atoms with Crippen molar-refractivity contribution in [1.29, 1.82) is 5.26 Å². The zero-order valence-electron chi connectivity index (χ0n) is 14.6. The molecule has 28 heavy (non-hydrogen) atoms. The van der Waals surface area contributed by atoms with Gasteiger partial charge < -0.3 is 5.32 Å². The first-order chi connectivity index (χ1) is 13.7. The second-order valence-electron chi connectivity index (χ2n) is 6.11. The number of amides is 1. The molecule has 0 radical (unpaired) electrons. The molecular weight excluding hydrogens is 372 g/mol. The minimum Gasteiger partial charge on any atom is -0.325 e. The molecule has 0 spiro atoms. The lowest BCUT2D eigenvalue weighted by atomic mass is 10.1. The van der Waals surface area contributed by atoms with Crippen LogP contribution in [0.3, 0.4) is 0 Å². The van der Waals surface area contributed by atoms with E-state index < -0.39 is 0 Å². The molecule has 6 nitrogen and oxygen atoms in total. The van der Waals surface area contributed by atoms with Crippen LogP contribution in [-0.4, -0.2) is 15.5 Å². The molecule has 2 aromatic carbocycles. The van der Waals surface area contributed by atoms with E-state index in [-0.39, 0.29) is 18.0 Å². The quantitative estimate of drug-likeness (QED) is 0.580. The van der Waals surface area contributed by atoms with Crippen LogP contribution in [0.5, 0.6) is 0 Å². The molecule has 2 aromatic heterocycles. The summed E-state index contributed by atoms with van der Waals surface area (Å²) in [5.41, 5.74) is 2.58. The Balaban J connectivity index is 1.62. The van der Waals surface area contributed by atoms with Gasteiger partial charge in [0, 0.05) is 16.6 Å². The number of carbonyl (C=O) groups excluding carboxylic acids is 1. The Bertz CT molecular complexity index is 1250. The molecule has 136 valence electrons. The summed E-state index contributed by atoms with van der Waals surface area (Å²) < 4.78 is 1.31. The molecule has 0 atom stereocenters. The van der Waals surface area contributed by atoms with Gasteiger partial charge in [0.25, 0.3) is 5.56 Å². The second-order valence-corrected chi connectivity index (χ2v) is 6.97. The van der Waals surface area contributed by atoms with Crippen LogP contribution in [0, 0.1) is 11.3 Å². The van der Waals surface area contributed by atoms with E-state index in [1.807, 2.05) is 41.8 Å². The van der Waals surface area contributed by atoms with Gasteiger partial charge in [-0.25, -0.2) is 4.98 Å². The van der Waals surface area contributed by atoms with Gasteiger partial charge >= 0.3 is 0 Å². The van der Waals surface area contributed by atoms with Crippen LogP contribution in [0.2, 0.25) is 0 Å². The Labute approximate surface area is 164 Å². The second kappa shape index (κ2) is 7.47. The Kier molecular flexibility index (Phi) is 4.70. The van der Waals surface area contributed by atoms with Crippen LogP contribution in [0.4, 0.5) is 5.69 Å². The van der Waals surface area contributed by atoms with Crippen LogP contribution < -0.4 is 10.9 Å². The zero-order valence-corrected chi connectivity index (χ0v) is 15.4. The van der Waals surface area contributed by atoms with Gasteiger partial charge in [-0.1, -0.05) is 30.3 Å². The number of rotatable bonds is 4. The first kappa shape index (κ1) is 17.6. The average molecular weight is 386 g/mol. The molecule has 0 saturated carbocycles. The van der Waals surface area contributed by atoms with E-state index in [4.69, 9.17) is 5.26 Å². The van der Waals surface area contributed by atoms with E-state index in [0.29, 0.717) is 21.5 Å². The number of fused-ring (bicyclic) bond motifs is 1. The van der Waals surface area contributed by atoms with E-state index in [1.165, 1.54) is 22.2 Å². The van der Waals surface area contributed by atoms with Crippen molar-refractivity contribution >= 4 is 33.1 Å². The largest absolute Gasteiger partial charge is 0.325 e. The van der Waals surface area contributed by atoms with Crippen LogP contribution in [0.25, 0.3) is 21.3 Å². The van der Waals surface area contributed by atoms with Gasteiger partial charge in [-0.15, -0.1) is 11.3 Å². The fraction of sp³-hybridized carbons (Fsp3) is 0.0476. The molecule has 0 saturated heterocycles. The monoisotopic (exact) mass is 386 g/mol. The molecule has 0 aliphatic carbocycles. The van der Waals surface area contributed by atoms with Crippen molar-refractivity contribution in [2.24, 2.45) is 0 Å². The lowest BCUT2D eigenvalue weighted by molar-refractivity contribution is -0.116. The minimum atomic E-state index is -0.343. The van der Waals surface area contributed by atoms with E-state index in [0.717, 1.165) is 11.1 Å². The summed E-state index contributed by atoms with van der Waals surface area (Å²) >= 11 is 1.41. The standard InChI is InChI=1S/C21H14N4O2S/c22-10-14-6-8-16(9-7-14)24-18(26)11-25-13-23-20-19(21(25)27)17(12-28-20)15-4-2-1-3-5-15/h1-9,12-13H,11H2,(H,24,26). The number of aromatic nitrogens is 2. The average Bonchev–Trinajstić information content (AvgIpc) is 3.16. The summed E-state index contributed by atoms with van der Waals surface area (Å²) in [6, 6.07) is 18.2. The Morgan fingerprint density at radius 1 is 1.14 bits per heavy atom. The van der Waals surface area contributed by atoms with Gasteiger partial charge in [-0.05, 0) is 29.8 Å². The maximum Gasteiger partial charge on any atom is 0.263 e. The molecule has 0 unspecified atom stereocenters. The normalized spacial score (nSPS) is 10.5. The van der Waals surface area contributed by atoms with Gasteiger partial charge in [0.15, 0.2) is 0 Å². The maximum atomic E-state index is 13.0. The van der Waals surface area contributed by atoms with Gasteiger partial charge in [-0.3, -0.25) is 14.2 Å². The Morgan fingerprint density at radius 2 is 1.89 bits per heavy atom. The highest BCUT2D eigenvalue weighted by molar-refractivity contribution is 7.17. The van der Waals surface area contributed by atoms with Crippen molar-refractivity contribution in [2.75, 3.05) is 5.32 Å². The molecule has 0 aliphatic heterocycles. The lowest BCUT2D eigenvalue weighted by Gasteiger charge is -2.08. The van der Waals surface area contributed by atoms with E-state index in [9.17, 15) is 9.59 Å². The van der Waals surface area contributed by atoms with Crippen molar-refractivity contribution in [3.05, 3.63) is 82.2 Å². The first-order valence-corrected chi connectivity index (χ1v) is 9.36. The number of nitrogens with one attached hydrogen (secondary N) is 1. The van der Waals surface area contributed by atoms with Gasteiger partial charge in [0.2, 0.25) is 5.91 Å². The van der Waals surface area contributed by atoms with E-state index in [2.05, 4.69) is 10.3 Å². The molecule has 0 bridgehead atoms. The minimum absolute atomic E-state index is 0.147. The number of anilines is 1. The number of nitriles is 1. The summed E-state index contributed by atoms with van der Waals surface area (Å²) in [5.74, 6) is -0.343. The van der Waals surface area contributed by atoms with Gasteiger partial charge in [0.05, 0.1) is 23.3 Å². The molecule has 1 N–H and O–H groups in total. The topological polar surface area (TPSA) is 87.8 Å². The predicted octanol–water partition coefficient (Wildman–Crippen LogP) is 3.64. The molecule has 7 heteroatoms. The smallest absolute Gasteiger partial charge is 0.263 e. The van der Waals surface area contributed by atoms with Gasteiger partial charge in [0.1, 0.15) is 11.4 Å². The van der Waals surface area contributed by atoms with Crippen molar-refractivity contribution in [3.63, 3.8) is 0 Å². The zero-order chi connectivity index (χ0) is 19.5. The number of thiophene rings is 1. The summed E-state index contributed by atoms with van der Waals surface area (Å²) in [4.78, 5) is 30.3. The number of carbonyl (C=O) groups is 1. The number of hydrogen-bond acceptors (Lipinski definition) is 5. The third kappa shape index (κ3) is 3.41. The van der Waals surface area contributed by atoms with Crippen molar-refractivity contribution in [2.45, 2.75) is 6.54 Å². The summed E-state index contributed by atoms with van der Waals surface area (Å²) in [6.45, 7) is -0.147. The third-order valence-corrected chi connectivity index (χ3v) is 5.14. The first-order valence-electron chi connectivity index (χ1n) is 8.48. The summed E-state index contributed by atoms with van der Waals surface area (Å²) in [6.07, 6.45) is 1.40. The van der Waals surface area contributed by atoms with Crippen molar-refractivity contribution in [3.8, 4) is 17.2 Å². The maximum absolute atomic E-state index is 13.0. The van der Waals surface area contributed by atoms with Crippen molar-refractivity contribution < 1.29 is 4.79 Å². The summed E-state index contributed by atoms with van der Waals surface area (Å²) in [5, 5.41) is 14.0. The molecule has 2 heterocycles. The van der Waals surface area contributed by atoms with E-state index in [1.54, 1.807) is 24.3 Å². The molecule has 0 aliphatic rings. The third-order valence-electron chi connectivity index (χ3n) is 4.26. The summed E-state index contributed by atoms with van der Waals surface area (Å²) in [7, 11) is 0. The predicted molar refractivity (Wildman–Crippen MR) is 109 cm³/mol. The molecule has 0 fully saturated rings. The molecule has 4 aromatic rings. The highest BCUT2D eigenvalue weighted by Gasteiger charge is 2.14. The van der Waals surface area contributed by atoms with Crippen molar-refractivity contribution in [1.82, 2.24) is 9.55 Å². The Hall–Kier alpha value is -3.76. The molecule has 4 rings (SSSR count). The number of nitrogens with zero attached hydrogens (tertiary/aromatic N) is 3. The van der Waals surface area contributed by atoms with Gasteiger partial charge in [-0.2, -0.15) is 5.26 Å². The SMILES string of the molecule is N#Cc1ccc(NC(=O)Cn2cnc3scc(-c4ccccc4)c3c2=O)cc1. The number of benzene rings is 2. The Morgan fingerprint density at radius 3 is 2.61 bits per heavy atom. The van der Waals surface area contributed by atoms with Crippen LogP contribution in [-0.2, 0) is 11.3 Å². The number of hydrogen-bond donors (Lipinski definition) is 1. The highest BCUT2D eigenvalue weighted by atomic mass is 32.1. The fourth-order valence-electron chi connectivity index (χ4n) is 2.89. The van der Waals surface area contributed by atoms with Crippen LogP contribution in [0.1, 0.15) is 5.56 Å². The fourth-order valence-corrected chi connectivity index (χ4v) is 3.80. The van der Waals surface area contributed by atoms with Crippen LogP contribution >= 0.6 is 11.3 Å². The highest BCUT2D eigenvalue weighted by Crippen LogP contribution is 2.30. The van der Waals surface area contributed by atoms with E-state index >= 15 is 0 Å². The molecule has 1 amide bonds. The molecular formula is C21H14N4O2S.